The van der Waals surface area contributed by atoms with Crippen LogP contribution in [0, 0.1) is 11.3 Å². The molecule has 1 atom stereocenters. The highest BCUT2D eigenvalue weighted by atomic mass is 19.3. The number of benzene rings is 1. The molecule has 8 heteroatoms. The van der Waals surface area contributed by atoms with Gasteiger partial charge in [-0.25, -0.2) is 13.6 Å². The molecule has 0 bridgehead atoms. The Morgan fingerprint density at radius 3 is 2.67 bits per heavy atom. The van der Waals surface area contributed by atoms with Crippen LogP contribution in [0.1, 0.15) is 52.7 Å². The highest BCUT2D eigenvalue weighted by Gasteiger charge is 2.45. The number of allylic oxidation sites excluding steroid dienone is 1. The third-order valence-corrected chi connectivity index (χ3v) is 6.18. The van der Waals surface area contributed by atoms with Crippen LogP contribution in [-0.4, -0.2) is 44.3 Å². The highest BCUT2D eigenvalue weighted by molar-refractivity contribution is 5.94. The van der Waals surface area contributed by atoms with E-state index in [2.05, 4.69) is 20.8 Å². The Labute approximate surface area is 192 Å². The summed E-state index contributed by atoms with van der Waals surface area (Å²) in [6.07, 6.45) is 5.33. The van der Waals surface area contributed by atoms with Crippen molar-refractivity contribution in [3.63, 3.8) is 0 Å². The first-order valence-electron chi connectivity index (χ1n) is 11.3. The zero-order chi connectivity index (χ0) is 24.0. The molecular formula is C25H31F2N3O3. The number of ether oxygens (including phenoxy) is 1. The first-order chi connectivity index (χ1) is 15.5. The molecule has 1 saturated carbocycles. The van der Waals surface area contributed by atoms with Gasteiger partial charge in [-0.2, -0.15) is 5.10 Å². The predicted octanol–water partition coefficient (Wildman–Crippen LogP) is 5.54. The molecule has 1 unspecified atom stereocenters. The standard InChI is InChI=1S/C25H31F2N3O3/c1-5-19-23-18-7-6-8-20(33-15-16-11-25(26,27)12-16)22(18)28-30(23)14-17(13-24(2,3)4)29(19)10-9-21(31)32/h5-10,16-17H,11-15H2,1-4H3,(H,31,32)/b10-9+,19-5-. The Bertz CT molecular complexity index is 1110. The third kappa shape index (κ3) is 4.89. The Morgan fingerprint density at radius 1 is 1.33 bits per heavy atom. The molecule has 1 aromatic carbocycles. The maximum Gasteiger partial charge on any atom is 0.329 e. The van der Waals surface area contributed by atoms with Gasteiger partial charge < -0.3 is 14.7 Å². The number of rotatable bonds is 6. The van der Waals surface area contributed by atoms with Gasteiger partial charge in [-0.05, 0) is 24.8 Å². The molecule has 1 N–H and O–H groups in total. The second kappa shape index (κ2) is 8.47. The van der Waals surface area contributed by atoms with Crippen LogP contribution < -0.4 is 4.74 Å². The van der Waals surface area contributed by atoms with Crippen LogP contribution in [0.3, 0.4) is 0 Å². The van der Waals surface area contributed by atoms with Crippen LogP contribution >= 0.6 is 0 Å². The number of carbonyl (C=O) groups is 1. The lowest BCUT2D eigenvalue weighted by Crippen LogP contribution is -2.41. The van der Waals surface area contributed by atoms with E-state index in [1.165, 1.54) is 0 Å². The van der Waals surface area contributed by atoms with Gasteiger partial charge in [0.1, 0.15) is 11.3 Å². The number of fused-ring (bicyclic) bond motifs is 3. The smallest absolute Gasteiger partial charge is 0.329 e. The summed E-state index contributed by atoms with van der Waals surface area (Å²) >= 11 is 0. The van der Waals surface area contributed by atoms with Crippen LogP contribution in [-0.2, 0) is 11.3 Å². The summed E-state index contributed by atoms with van der Waals surface area (Å²) in [5.74, 6) is -3.13. The fourth-order valence-electron chi connectivity index (χ4n) is 4.86. The summed E-state index contributed by atoms with van der Waals surface area (Å²) in [6, 6.07) is 5.68. The molecule has 1 aromatic heterocycles. The van der Waals surface area contributed by atoms with Crippen molar-refractivity contribution in [2.24, 2.45) is 11.3 Å². The zero-order valence-electron chi connectivity index (χ0n) is 19.5. The minimum atomic E-state index is -2.57. The predicted molar refractivity (Wildman–Crippen MR) is 123 cm³/mol. The number of carboxylic acids is 1. The first kappa shape index (κ1) is 23.3. The minimum absolute atomic E-state index is 0.0233. The van der Waals surface area contributed by atoms with Gasteiger partial charge in [0.2, 0.25) is 5.92 Å². The molecule has 2 heterocycles. The molecule has 0 saturated heterocycles. The van der Waals surface area contributed by atoms with E-state index in [1.54, 1.807) is 6.20 Å². The molecule has 2 aromatic rings. The molecule has 4 rings (SSSR count). The molecule has 178 valence electrons. The number of halogens is 2. The number of aliphatic carboxylic acids is 1. The van der Waals surface area contributed by atoms with Crippen LogP contribution in [0.15, 0.2) is 36.6 Å². The Kier molecular flexibility index (Phi) is 5.97. The second-order valence-corrected chi connectivity index (χ2v) is 10.3. The molecule has 0 spiro atoms. The third-order valence-electron chi connectivity index (χ3n) is 6.18. The van der Waals surface area contributed by atoms with Crippen LogP contribution in [0.5, 0.6) is 5.75 Å². The summed E-state index contributed by atoms with van der Waals surface area (Å²) in [6.45, 7) is 9.24. The molecule has 0 radical (unpaired) electrons. The largest absolute Gasteiger partial charge is 0.491 e. The Morgan fingerprint density at radius 2 is 2.06 bits per heavy atom. The number of hydrogen-bond donors (Lipinski definition) is 1. The lowest BCUT2D eigenvalue weighted by Gasteiger charge is -2.40. The van der Waals surface area contributed by atoms with Crippen molar-refractivity contribution >= 4 is 22.6 Å². The Balaban J connectivity index is 1.70. The number of hydrogen-bond acceptors (Lipinski definition) is 4. The molecule has 0 amide bonds. The van der Waals surface area contributed by atoms with E-state index in [1.807, 2.05) is 40.8 Å². The number of nitrogens with zero attached hydrogens (tertiary/aromatic N) is 3. The van der Waals surface area contributed by atoms with Crippen molar-refractivity contribution in [2.45, 2.75) is 65.5 Å². The van der Waals surface area contributed by atoms with Crippen LogP contribution in [0.25, 0.3) is 16.6 Å². The summed E-state index contributed by atoms with van der Waals surface area (Å²) in [7, 11) is 0. The molecule has 1 aliphatic carbocycles. The molecule has 33 heavy (non-hydrogen) atoms. The van der Waals surface area contributed by atoms with Crippen LogP contribution in [0.2, 0.25) is 0 Å². The van der Waals surface area contributed by atoms with Crippen molar-refractivity contribution in [1.82, 2.24) is 14.7 Å². The van der Waals surface area contributed by atoms with E-state index in [4.69, 9.17) is 9.84 Å². The van der Waals surface area contributed by atoms with Gasteiger partial charge in [0.25, 0.3) is 0 Å². The van der Waals surface area contributed by atoms with Gasteiger partial charge in [-0.15, -0.1) is 0 Å². The van der Waals surface area contributed by atoms with Crippen molar-refractivity contribution < 1.29 is 23.4 Å². The summed E-state index contributed by atoms with van der Waals surface area (Å²) in [5, 5.41) is 15.0. The van der Waals surface area contributed by atoms with E-state index >= 15 is 0 Å². The SMILES string of the molecule is C/C=C1/c2c3cccc(OCC4CC(F)(F)C4)c3nn2CC(CC(C)(C)C)N1/C=C/C(=O)O. The molecule has 6 nitrogen and oxygen atoms in total. The van der Waals surface area contributed by atoms with Gasteiger partial charge in [0.15, 0.2) is 0 Å². The van der Waals surface area contributed by atoms with Crippen LogP contribution in [0.4, 0.5) is 8.78 Å². The maximum atomic E-state index is 13.2. The quantitative estimate of drug-likeness (QED) is 0.575. The fourth-order valence-corrected chi connectivity index (χ4v) is 4.86. The fraction of sp³-hybridized carbons (Fsp3) is 0.520. The lowest BCUT2D eigenvalue weighted by molar-refractivity contribution is -0.131. The Hall–Kier alpha value is -2.90. The van der Waals surface area contributed by atoms with Crippen molar-refractivity contribution in [2.75, 3.05) is 6.61 Å². The van der Waals surface area contributed by atoms with Gasteiger partial charge in [-0.1, -0.05) is 39.0 Å². The summed E-state index contributed by atoms with van der Waals surface area (Å²) < 4.78 is 34.3. The van der Waals surface area contributed by atoms with Crippen molar-refractivity contribution in [1.29, 1.82) is 0 Å². The van der Waals surface area contributed by atoms with E-state index < -0.39 is 11.9 Å². The zero-order valence-corrected chi connectivity index (χ0v) is 19.5. The minimum Gasteiger partial charge on any atom is -0.491 e. The molecule has 1 fully saturated rings. The summed E-state index contributed by atoms with van der Waals surface area (Å²) in [5.41, 5.74) is 2.50. The number of alkyl halides is 2. The van der Waals surface area contributed by atoms with Crippen molar-refractivity contribution in [3.8, 4) is 5.75 Å². The van der Waals surface area contributed by atoms with E-state index in [-0.39, 0.29) is 36.8 Å². The summed E-state index contributed by atoms with van der Waals surface area (Å²) in [4.78, 5) is 13.3. The van der Waals surface area contributed by atoms with Crippen molar-refractivity contribution in [3.05, 3.63) is 42.2 Å². The van der Waals surface area contributed by atoms with Gasteiger partial charge in [0.05, 0.1) is 30.6 Å². The molecular weight excluding hydrogens is 428 g/mol. The molecule has 2 aliphatic rings. The van der Waals surface area contributed by atoms with E-state index in [0.717, 1.165) is 29.3 Å². The van der Waals surface area contributed by atoms with Gasteiger partial charge in [0, 0.05) is 36.4 Å². The maximum absolute atomic E-state index is 13.2. The first-order valence-corrected chi connectivity index (χ1v) is 11.3. The number of carboxylic acid groups (broad SMARTS) is 1. The normalized spacial score (nSPS) is 22.1. The molecule has 1 aliphatic heterocycles. The van der Waals surface area contributed by atoms with E-state index in [9.17, 15) is 18.7 Å². The average molecular weight is 460 g/mol. The highest BCUT2D eigenvalue weighted by Crippen LogP contribution is 2.43. The second-order valence-electron chi connectivity index (χ2n) is 10.3. The number of aromatic nitrogens is 2. The van der Waals surface area contributed by atoms with Gasteiger partial charge in [-0.3, -0.25) is 4.68 Å². The topological polar surface area (TPSA) is 67.6 Å². The lowest BCUT2D eigenvalue weighted by atomic mass is 9.82. The van der Waals surface area contributed by atoms with E-state index in [0.29, 0.717) is 17.8 Å². The monoisotopic (exact) mass is 459 g/mol. The van der Waals surface area contributed by atoms with Gasteiger partial charge >= 0.3 is 5.97 Å². The average Bonchev–Trinajstić information content (AvgIpc) is 3.05.